The fourth-order valence-electron chi connectivity index (χ4n) is 1.63. The molecule has 0 aliphatic heterocycles. The summed E-state index contributed by atoms with van der Waals surface area (Å²) in [5.74, 6) is -0.232. The van der Waals surface area contributed by atoms with Crippen LogP contribution in [-0.4, -0.2) is 37.6 Å². The minimum atomic E-state index is -0.528. The number of methoxy groups -OCH3 is 1. The molecule has 0 N–H and O–H groups in total. The van der Waals surface area contributed by atoms with Gasteiger partial charge >= 0.3 is 5.97 Å². The van der Waals surface area contributed by atoms with Crippen molar-refractivity contribution >= 4 is 5.97 Å². The molecule has 0 amide bonds. The van der Waals surface area contributed by atoms with Crippen molar-refractivity contribution in [2.45, 2.75) is 27.7 Å². The highest BCUT2D eigenvalue weighted by Gasteiger charge is 2.30. The van der Waals surface area contributed by atoms with Crippen LogP contribution in [0, 0.1) is 22.7 Å². The van der Waals surface area contributed by atoms with Crippen molar-refractivity contribution in [2.75, 3.05) is 26.7 Å². The molecule has 0 saturated heterocycles. The molecule has 0 rings (SSSR count). The van der Waals surface area contributed by atoms with E-state index in [0.29, 0.717) is 13.1 Å². The average Bonchev–Trinajstić information content (AvgIpc) is 2.26. The summed E-state index contributed by atoms with van der Waals surface area (Å²) in [6, 6.07) is 2.20. The van der Waals surface area contributed by atoms with E-state index in [1.165, 1.54) is 7.11 Å². The van der Waals surface area contributed by atoms with Crippen molar-refractivity contribution in [1.29, 1.82) is 5.26 Å². The third-order valence-electron chi connectivity index (χ3n) is 2.56. The average molecular weight is 226 g/mol. The molecule has 92 valence electrons. The molecular weight excluding hydrogens is 204 g/mol. The summed E-state index contributed by atoms with van der Waals surface area (Å²) in [5, 5.41) is 8.76. The second-order valence-electron chi connectivity index (χ2n) is 4.73. The molecule has 0 fully saturated rings. The molecule has 4 heteroatoms. The van der Waals surface area contributed by atoms with Gasteiger partial charge in [0.15, 0.2) is 0 Å². The van der Waals surface area contributed by atoms with E-state index in [0.717, 1.165) is 6.54 Å². The van der Waals surface area contributed by atoms with E-state index < -0.39 is 5.41 Å². The smallest absolute Gasteiger partial charge is 0.312 e. The largest absolute Gasteiger partial charge is 0.469 e. The Morgan fingerprint density at radius 1 is 1.56 bits per heavy atom. The minimum absolute atomic E-state index is 0.0200. The number of nitrogens with zero attached hydrogens (tertiary/aromatic N) is 2. The van der Waals surface area contributed by atoms with Gasteiger partial charge in [-0.05, 0) is 27.3 Å². The molecule has 0 radical (unpaired) electrons. The number of rotatable bonds is 6. The Hall–Kier alpha value is -1.08. The predicted octanol–water partition coefficient (Wildman–Crippen LogP) is 1.67. The van der Waals surface area contributed by atoms with Gasteiger partial charge in [0.2, 0.25) is 0 Å². The lowest BCUT2D eigenvalue weighted by Crippen LogP contribution is -2.41. The van der Waals surface area contributed by atoms with Gasteiger partial charge in [-0.1, -0.05) is 6.92 Å². The zero-order valence-electron chi connectivity index (χ0n) is 10.9. The molecule has 1 unspecified atom stereocenters. The van der Waals surface area contributed by atoms with Gasteiger partial charge < -0.3 is 9.64 Å². The molecule has 0 aromatic rings. The highest BCUT2D eigenvalue weighted by atomic mass is 16.5. The fourth-order valence-corrected chi connectivity index (χ4v) is 1.63. The Labute approximate surface area is 98.2 Å². The molecule has 0 saturated carbocycles. The molecule has 0 aromatic carbocycles. The van der Waals surface area contributed by atoms with Crippen molar-refractivity contribution in [3.8, 4) is 6.07 Å². The zero-order valence-corrected chi connectivity index (χ0v) is 10.9. The van der Waals surface area contributed by atoms with Crippen molar-refractivity contribution in [2.24, 2.45) is 11.3 Å². The molecule has 1 atom stereocenters. The maximum Gasteiger partial charge on any atom is 0.312 e. The van der Waals surface area contributed by atoms with Crippen LogP contribution in [0.4, 0.5) is 0 Å². The lowest BCUT2D eigenvalue weighted by molar-refractivity contribution is -0.151. The number of hydrogen-bond acceptors (Lipinski definition) is 4. The van der Waals surface area contributed by atoms with Gasteiger partial charge in [0.25, 0.3) is 0 Å². The van der Waals surface area contributed by atoms with Gasteiger partial charge in [0, 0.05) is 13.1 Å². The minimum Gasteiger partial charge on any atom is -0.469 e. The normalized spacial score (nSPS) is 13.3. The summed E-state index contributed by atoms with van der Waals surface area (Å²) in [7, 11) is 1.40. The monoisotopic (exact) mass is 226 g/mol. The Kier molecular flexibility index (Phi) is 6.05. The van der Waals surface area contributed by atoms with E-state index in [9.17, 15) is 4.79 Å². The van der Waals surface area contributed by atoms with Crippen LogP contribution in [0.5, 0.6) is 0 Å². The lowest BCUT2D eigenvalue weighted by atomic mass is 9.92. The van der Waals surface area contributed by atoms with Crippen LogP contribution in [0.1, 0.15) is 27.7 Å². The molecule has 0 heterocycles. The van der Waals surface area contributed by atoms with Crippen LogP contribution in [0.25, 0.3) is 0 Å². The number of esters is 1. The highest BCUT2D eigenvalue weighted by molar-refractivity contribution is 5.76. The van der Waals surface area contributed by atoms with Crippen molar-refractivity contribution in [3.63, 3.8) is 0 Å². The summed E-state index contributed by atoms with van der Waals surface area (Å²) in [6.07, 6.45) is 0. The number of carbonyl (C=O) groups excluding carboxylic acids is 1. The van der Waals surface area contributed by atoms with Crippen molar-refractivity contribution < 1.29 is 9.53 Å². The number of nitriles is 1. The van der Waals surface area contributed by atoms with E-state index in [1.54, 1.807) is 0 Å². The second kappa shape index (κ2) is 6.49. The third kappa shape index (κ3) is 4.63. The Morgan fingerprint density at radius 2 is 2.12 bits per heavy atom. The Morgan fingerprint density at radius 3 is 2.50 bits per heavy atom. The van der Waals surface area contributed by atoms with Crippen LogP contribution >= 0.6 is 0 Å². The molecule has 0 spiro atoms. The fraction of sp³-hybridized carbons (Fsp3) is 0.833. The van der Waals surface area contributed by atoms with Crippen molar-refractivity contribution in [1.82, 2.24) is 4.90 Å². The van der Waals surface area contributed by atoms with E-state index >= 15 is 0 Å². The molecule has 0 aromatic heterocycles. The Balaban J connectivity index is 4.42. The molecule has 0 aliphatic carbocycles. The summed E-state index contributed by atoms with van der Waals surface area (Å²) in [6.45, 7) is 9.75. The first kappa shape index (κ1) is 14.9. The maximum atomic E-state index is 11.5. The first-order valence-corrected chi connectivity index (χ1v) is 5.57. The summed E-state index contributed by atoms with van der Waals surface area (Å²) in [5.41, 5.74) is -0.528. The van der Waals surface area contributed by atoms with Crippen LogP contribution in [0.3, 0.4) is 0 Å². The van der Waals surface area contributed by atoms with Crippen LogP contribution in [0.2, 0.25) is 0 Å². The molecular formula is C12H22N2O2. The first-order chi connectivity index (χ1) is 7.37. The van der Waals surface area contributed by atoms with E-state index in [4.69, 9.17) is 10.00 Å². The lowest BCUT2D eigenvalue weighted by Gasteiger charge is -2.30. The van der Waals surface area contributed by atoms with Crippen LogP contribution < -0.4 is 0 Å². The number of hydrogen-bond donors (Lipinski definition) is 0. The third-order valence-corrected chi connectivity index (χ3v) is 2.56. The predicted molar refractivity (Wildman–Crippen MR) is 62.7 cm³/mol. The summed E-state index contributed by atoms with van der Waals surface area (Å²) >= 11 is 0. The molecule has 4 nitrogen and oxygen atoms in total. The van der Waals surface area contributed by atoms with E-state index in [1.807, 2.05) is 27.7 Å². The number of ether oxygens (including phenoxy) is 1. The highest BCUT2D eigenvalue weighted by Crippen LogP contribution is 2.19. The van der Waals surface area contributed by atoms with Crippen molar-refractivity contribution in [3.05, 3.63) is 0 Å². The maximum absolute atomic E-state index is 11.5. The van der Waals surface area contributed by atoms with Gasteiger partial charge in [-0.15, -0.1) is 0 Å². The zero-order chi connectivity index (χ0) is 12.8. The summed E-state index contributed by atoms with van der Waals surface area (Å²) < 4.78 is 4.76. The van der Waals surface area contributed by atoms with Crippen LogP contribution in [-0.2, 0) is 9.53 Å². The van der Waals surface area contributed by atoms with Gasteiger partial charge in [0.05, 0.1) is 24.5 Å². The van der Waals surface area contributed by atoms with Gasteiger partial charge in [-0.25, -0.2) is 0 Å². The summed E-state index contributed by atoms with van der Waals surface area (Å²) in [4.78, 5) is 13.6. The van der Waals surface area contributed by atoms with Gasteiger partial charge in [-0.3, -0.25) is 4.79 Å². The SMILES string of the molecule is CCN(CC(C)C#N)CC(C)(C)C(=O)OC. The standard InChI is InChI=1S/C12H22N2O2/c1-6-14(8-10(2)7-13)9-12(3,4)11(15)16-5/h10H,6,8-9H2,1-5H3. The Bertz CT molecular complexity index is 269. The second-order valence-corrected chi connectivity index (χ2v) is 4.73. The molecule has 16 heavy (non-hydrogen) atoms. The topological polar surface area (TPSA) is 53.3 Å². The first-order valence-electron chi connectivity index (χ1n) is 5.57. The molecule has 0 aliphatic rings. The van der Waals surface area contributed by atoms with Gasteiger partial charge in [0.1, 0.15) is 0 Å². The number of carbonyl (C=O) groups is 1. The van der Waals surface area contributed by atoms with E-state index in [2.05, 4.69) is 11.0 Å². The van der Waals surface area contributed by atoms with E-state index in [-0.39, 0.29) is 11.9 Å². The quantitative estimate of drug-likeness (QED) is 0.646. The molecule has 0 bridgehead atoms. The van der Waals surface area contributed by atoms with Crippen LogP contribution in [0.15, 0.2) is 0 Å². The van der Waals surface area contributed by atoms with Gasteiger partial charge in [-0.2, -0.15) is 5.26 Å².